The van der Waals surface area contributed by atoms with E-state index in [1.54, 1.807) is 14.2 Å². The van der Waals surface area contributed by atoms with Gasteiger partial charge < -0.3 is 15.4 Å². The van der Waals surface area contributed by atoms with E-state index in [1.807, 2.05) is 20.8 Å². The first-order valence-electron chi connectivity index (χ1n) is 6.85. The number of nitrogens with one attached hydrogen (secondary N) is 2. The molecule has 20 heavy (non-hydrogen) atoms. The molecule has 0 aliphatic carbocycles. The Morgan fingerprint density at radius 1 is 1.35 bits per heavy atom. The lowest BCUT2D eigenvalue weighted by Crippen LogP contribution is -2.46. The summed E-state index contributed by atoms with van der Waals surface area (Å²) < 4.78 is 30.5. The van der Waals surface area contributed by atoms with Crippen LogP contribution in [-0.4, -0.2) is 70.9 Å². The fourth-order valence-corrected chi connectivity index (χ4v) is 3.17. The van der Waals surface area contributed by atoms with Crippen LogP contribution in [0.3, 0.4) is 0 Å². The first-order chi connectivity index (χ1) is 9.41. The highest BCUT2D eigenvalue weighted by Gasteiger charge is 2.18. The van der Waals surface area contributed by atoms with Crippen molar-refractivity contribution >= 4 is 16.0 Å². The third kappa shape index (κ3) is 7.06. The minimum atomic E-state index is -3.20. The molecule has 0 fully saturated rings. The van der Waals surface area contributed by atoms with Crippen LogP contribution >= 0.6 is 0 Å². The Labute approximate surface area is 122 Å². The quantitative estimate of drug-likeness (QED) is 0.457. The normalized spacial score (nSPS) is 14.4. The predicted molar refractivity (Wildman–Crippen MR) is 82.5 cm³/mol. The highest BCUT2D eigenvalue weighted by atomic mass is 32.2. The number of sulfonamides is 1. The second-order valence-corrected chi connectivity index (χ2v) is 6.49. The van der Waals surface area contributed by atoms with Crippen LogP contribution in [0.5, 0.6) is 0 Å². The molecule has 0 saturated carbocycles. The summed E-state index contributed by atoms with van der Waals surface area (Å²) in [6.07, 6.45) is 0. The second-order valence-electron chi connectivity index (χ2n) is 4.40. The molecule has 0 bridgehead atoms. The van der Waals surface area contributed by atoms with Crippen molar-refractivity contribution in [3.05, 3.63) is 0 Å². The molecular formula is C12H28N4O3S. The lowest BCUT2D eigenvalue weighted by atomic mass is 10.4. The zero-order valence-electron chi connectivity index (χ0n) is 13.1. The summed E-state index contributed by atoms with van der Waals surface area (Å²) in [7, 11) is 0.0748. The molecular weight excluding hydrogens is 280 g/mol. The Bertz CT molecular complexity index is 380. The molecule has 0 aliphatic rings. The maximum Gasteiger partial charge on any atom is 0.215 e. The second kappa shape index (κ2) is 9.95. The Hall–Kier alpha value is -0.860. The van der Waals surface area contributed by atoms with Gasteiger partial charge in [-0.2, -0.15) is 0 Å². The van der Waals surface area contributed by atoms with Crippen molar-refractivity contribution in [3.63, 3.8) is 0 Å². The molecule has 0 saturated heterocycles. The number of aliphatic imine (C=N–C) groups is 1. The van der Waals surface area contributed by atoms with Crippen LogP contribution in [0.2, 0.25) is 0 Å². The lowest BCUT2D eigenvalue weighted by Gasteiger charge is -2.20. The summed E-state index contributed by atoms with van der Waals surface area (Å²) in [4.78, 5) is 4.05. The number of ether oxygens (including phenoxy) is 1. The van der Waals surface area contributed by atoms with Gasteiger partial charge in [-0.3, -0.25) is 4.99 Å². The SMILES string of the molecule is CCN(CC)S(=O)(=O)CCNC(=NC)NC(C)COC. The van der Waals surface area contributed by atoms with Gasteiger partial charge in [0, 0.05) is 39.8 Å². The van der Waals surface area contributed by atoms with Crippen molar-refractivity contribution in [1.82, 2.24) is 14.9 Å². The fourth-order valence-electron chi connectivity index (χ4n) is 1.76. The van der Waals surface area contributed by atoms with Crippen molar-refractivity contribution < 1.29 is 13.2 Å². The van der Waals surface area contributed by atoms with Crippen LogP contribution in [0.1, 0.15) is 20.8 Å². The molecule has 0 amide bonds. The molecule has 1 atom stereocenters. The number of rotatable bonds is 9. The predicted octanol–water partition coefficient (Wildman–Crippen LogP) is -0.142. The molecule has 7 nitrogen and oxygen atoms in total. The third-order valence-electron chi connectivity index (χ3n) is 2.77. The molecule has 0 aromatic rings. The van der Waals surface area contributed by atoms with E-state index in [2.05, 4.69) is 15.6 Å². The molecule has 0 aromatic heterocycles. The summed E-state index contributed by atoms with van der Waals surface area (Å²) in [6.45, 7) is 7.50. The summed E-state index contributed by atoms with van der Waals surface area (Å²) >= 11 is 0. The summed E-state index contributed by atoms with van der Waals surface area (Å²) in [5.41, 5.74) is 0. The van der Waals surface area contributed by atoms with Gasteiger partial charge in [-0.1, -0.05) is 13.8 Å². The van der Waals surface area contributed by atoms with Crippen LogP contribution < -0.4 is 10.6 Å². The van der Waals surface area contributed by atoms with Crippen molar-refractivity contribution in [3.8, 4) is 0 Å². The molecule has 0 aliphatic heterocycles. The van der Waals surface area contributed by atoms with Crippen molar-refractivity contribution in [2.75, 3.05) is 46.2 Å². The van der Waals surface area contributed by atoms with Gasteiger partial charge in [0.05, 0.1) is 12.4 Å². The topological polar surface area (TPSA) is 83.0 Å². The Balaban J connectivity index is 4.27. The van der Waals surface area contributed by atoms with E-state index in [0.717, 1.165) is 0 Å². The smallest absolute Gasteiger partial charge is 0.215 e. The summed E-state index contributed by atoms with van der Waals surface area (Å²) in [5.74, 6) is 0.623. The van der Waals surface area contributed by atoms with Gasteiger partial charge in [0.2, 0.25) is 10.0 Å². The average Bonchev–Trinajstić information content (AvgIpc) is 2.38. The monoisotopic (exact) mass is 308 g/mol. The Morgan fingerprint density at radius 3 is 2.40 bits per heavy atom. The van der Waals surface area contributed by atoms with Gasteiger partial charge in [-0.15, -0.1) is 0 Å². The number of hydrogen-bond donors (Lipinski definition) is 2. The zero-order valence-corrected chi connectivity index (χ0v) is 14.0. The van der Waals surface area contributed by atoms with Gasteiger partial charge in [-0.05, 0) is 6.92 Å². The number of methoxy groups -OCH3 is 1. The first kappa shape index (κ1) is 19.1. The molecule has 2 N–H and O–H groups in total. The Morgan fingerprint density at radius 2 is 1.95 bits per heavy atom. The maximum absolute atomic E-state index is 12.0. The molecule has 120 valence electrons. The van der Waals surface area contributed by atoms with E-state index < -0.39 is 10.0 Å². The van der Waals surface area contributed by atoms with Crippen LogP contribution in [0, 0.1) is 0 Å². The largest absolute Gasteiger partial charge is 0.383 e. The van der Waals surface area contributed by atoms with Gasteiger partial charge in [-0.25, -0.2) is 12.7 Å². The van der Waals surface area contributed by atoms with Gasteiger partial charge in [0.1, 0.15) is 0 Å². The molecule has 0 aromatic carbocycles. The molecule has 1 unspecified atom stereocenters. The van der Waals surface area contributed by atoms with Crippen LogP contribution in [-0.2, 0) is 14.8 Å². The lowest BCUT2D eigenvalue weighted by molar-refractivity contribution is 0.179. The minimum absolute atomic E-state index is 0.0496. The number of nitrogens with zero attached hydrogens (tertiary/aromatic N) is 2. The average molecular weight is 308 g/mol. The zero-order chi connectivity index (χ0) is 15.6. The molecule has 0 spiro atoms. The summed E-state index contributed by atoms with van der Waals surface area (Å²) in [6, 6.07) is 0.102. The fraction of sp³-hybridized carbons (Fsp3) is 0.917. The van der Waals surface area contributed by atoms with Gasteiger partial charge >= 0.3 is 0 Å². The summed E-state index contributed by atoms with van der Waals surface area (Å²) in [5, 5.41) is 6.11. The van der Waals surface area contributed by atoms with Crippen molar-refractivity contribution in [1.29, 1.82) is 0 Å². The molecule has 0 rings (SSSR count). The highest BCUT2D eigenvalue weighted by molar-refractivity contribution is 7.89. The van der Waals surface area contributed by atoms with E-state index in [4.69, 9.17) is 4.74 Å². The third-order valence-corrected chi connectivity index (χ3v) is 4.80. The molecule has 8 heteroatoms. The highest BCUT2D eigenvalue weighted by Crippen LogP contribution is 1.99. The van der Waals surface area contributed by atoms with Crippen LogP contribution in [0.25, 0.3) is 0 Å². The van der Waals surface area contributed by atoms with E-state index in [0.29, 0.717) is 32.2 Å². The first-order valence-corrected chi connectivity index (χ1v) is 8.46. The van der Waals surface area contributed by atoms with E-state index in [9.17, 15) is 8.42 Å². The van der Waals surface area contributed by atoms with E-state index in [-0.39, 0.29) is 11.8 Å². The van der Waals surface area contributed by atoms with Crippen molar-refractivity contribution in [2.45, 2.75) is 26.8 Å². The van der Waals surface area contributed by atoms with Crippen molar-refractivity contribution in [2.24, 2.45) is 4.99 Å². The standard InChI is InChI=1S/C12H28N4O3S/c1-6-16(7-2)20(17,18)9-8-14-12(13-4)15-11(3)10-19-5/h11H,6-10H2,1-5H3,(H2,13,14,15). The minimum Gasteiger partial charge on any atom is -0.383 e. The van der Waals surface area contributed by atoms with Crippen LogP contribution in [0.15, 0.2) is 4.99 Å². The molecule has 0 radical (unpaired) electrons. The Kier molecular flexibility index (Phi) is 9.52. The van der Waals surface area contributed by atoms with Gasteiger partial charge in [0.15, 0.2) is 5.96 Å². The van der Waals surface area contributed by atoms with E-state index in [1.165, 1.54) is 4.31 Å². The number of guanidine groups is 1. The van der Waals surface area contributed by atoms with E-state index >= 15 is 0 Å². The molecule has 0 heterocycles. The number of hydrogen-bond acceptors (Lipinski definition) is 4. The van der Waals surface area contributed by atoms with Gasteiger partial charge in [0.25, 0.3) is 0 Å². The van der Waals surface area contributed by atoms with Crippen LogP contribution in [0.4, 0.5) is 0 Å². The maximum atomic E-state index is 12.0.